The second-order valence-corrected chi connectivity index (χ2v) is 6.58. The molecule has 5 heteroatoms. The molecule has 1 unspecified atom stereocenters. The van der Waals surface area contributed by atoms with Gasteiger partial charge in [-0.3, -0.25) is 0 Å². The summed E-state index contributed by atoms with van der Waals surface area (Å²) >= 11 is 15.1. The first-order chi connectivity index (χ1) is 7.66. The van der Waals surface area contributed by atoms with Gasteiger partial charge in [-0.2, -0.15) is 11.3 Å². The summed E-state index contributed by atoms with van der Waals surface area (Å²) in [5.41, 5.74) is 2.38. The lowest BCUT2D eigenvalue weighted by molar-refractivity contribution is 0.577. The molecule has 0 fully saturated rings. The molecule has 2 aromatic rings. The van der Waals surface area contributed by atoms with Gasteiger partial charge in [-0.05, 0) is 40.9 Å². The molecule has 0 bridgehead atoms. The maximum absolute atomic E-state index is 6.10. The van der Waals surface area contributed by atoms with E-state index in [4.69, 9.17) is 23.2 Å². The van der Waals surface area contributed by atoms with Gasteiger partial charge in [0.15, 0.2) is 0 Å². The summed E-state index contributed by atoms with van der Waals surface area (Å²) in [4.78, 5) is 0. The highest BCUT2D eigenvalue weighted by Crippen LogP contribution is 2.34. The molecule has 1 atom stereocenters. The van der Waals surface area contributed by atoms with Crippen LogP contribution in [0.5, 0.6) is 0 Å². The average molecular weight is 292 g/mol. The Kier molecular flexibility index (Phi) is 4.27. The van der Waals surface area contributed by atoms with Crippen LogP contribution >= 0.6 is 45.9 Å². The molecule has 0 aliphatic rings. The maximum atomic E-state index is 6.10. The highest BCUT2D eigenvalue weighted by atomic mass is 35.5. The zero-order valence-corrected chi connectivity index (χ0v) is 11.8. The van der Waals surface area contributed by atoms with Crippen molar-refractivity contribution in [2.45, 2.75) is 19.5 Å². The number of hydrogen-bond donors (Lipinski definition) is 1. The van der Waals surface area contributed by atoms with Crippen LogP contribution in [-0.4, -0.2) is 0 Å². The molecule has 0 spiro atoms. The van der Waals surface area contributed by atoms with Crippen LogP contribution in [0.1, 0.15) is 24.1 Å². The molecule has 1 N–H and O–H groups in total. The van der Waals surface area contributed by atoms with Crippen molar-refractivity contribution in [2.75, 3.05) is 0 Å². The largest absolute Gasteiger partial charge is 0.306 e. The molecule has 0 aromatic carbocycles. The summed E-state index contributed by atoms with van der Waals surface area (Å²) < 4.78 is 1.51. The summed E-state index contributed by atoms with van der Waals surface area (Å²) in [5, 5.41) is 7.65. The van der Waals surface area contributed by atoms with E-state index in [1.165, 1.54) is 16.9 Å². The Morgan fingerprint density at radius 1 is 1.44 bits per heavy atom. The molecule has 1 nitrogen and oxygen atoms in total. The lowest BCUT2D eigenvalue weighted by atomic mass is 10.2. The Balaban J connectivity index is 1.98. The van der Waals surface area contributed by atoms with E-state index in [2.05, 4.69) is 29.1 Å². The number of nitrogens with one attached hydrogen (secondary N) is 1. The minimum Gasteiger partial charge on any atom is -0.306 e. The third-order valence-electron chi connectivity index (χ3n) is 2.34. The number of halogens is 2. The van der Waals surface area contributed by atoms with E-state index in [0.29, 0.717) is 0 Å². The number of hydrogen-bond acceptors (Lipinski definition) is 3. The van der Waals surface area contributed by atoms with E-state index >= 15 is 0 Å². The van der Waals surface area contributed by atoms with E-state index < -0.39 is 0 Å². The van der Waals surface area contributed by atoms with E-state index in [0.717, 1.165) is 20.8 Å². The first-order valence-corrected chi connectivity index (χ1v) is 7.37. The van der Waals surface area contributed by atoms with Crippen LogP contribution < -0.4 is 5.32 Å². The molecular formula is C11H11Cl2NS2. The minimum atomic E-state index is 0.219. The Morgan fingerprint density at radius 2 is 2.25 bits per heavy atom. The van der Waals surface area contributed by atoms with E-state index in [9.17, 15) is 0 Å². The summed E-state index contributed by atoms with van der Waals surface area (Å²) in [5.74, 6) is 0. The van der Waals surface area contributed by atoms with Gasteiger partial charge in [0.2, 0.25) is 0 Å². The lowest BCUT2D eigenvalue weighted by Gasteiger charge is -2.12. The third kappa shape index (κ3) is 2.99. The van der Waals surface area contributed by atoms with Gasteiger partial charge in [-0.25, -0.2) is 0 Å². The zero-order chi connectivity index (χ0) is 11.5. The van der Waals surface area contributed by atoms with Crippen LogP contribution in [0.3, 0.4) is 0 Å². The predicted molar refractivity (Wildman–Crippen MR) is 73.9 cm³/mol. The highest BCUT2D eigenvalue weighted by molar-refractivity contribution is 7.20. The van der Waals surface area contributed by atoms with Crippen LogP contribution in [-0.2, 0) is 6.54 Å². The molecule has 16 heavy (non-hydrogen) atoms. The van der Waals surface area contributed by atoms with E-state index in [-0.39, 0.29) is 6.04 Å². The van der Waals surface area contributed by atoms with E-state index in [1.54, 1.807) is 11.3 Å². The summed E-state index contributed by atoms with van der Waals surface area (Å²) in [6.07, 6.45) is 0. The first kappa shape index (κ1) is 12.4. The third-order valence-corrected chi connectivity index (χ3v) is 4.59. The van der Waals surface area contributed by atoms with Crippen LogP contribution in [0.2, 0.25) is 8.67 Å². The van der Waals surface area contributed by atoms with Crippen molar-refractivity contribution in [3.63, 3.8) is 0 Å². The lowest BCUT2D eigenvalue weighted by Crippen LogP contribution is -2.17. The molecule has 0 saturated heterocycles. The quantitative estimate of drug-likeness (QED) is 0.839. The van der Waals surface area contributed by atoms with Crippen molar-refractivity contribution >= 4 is 45.9 Å². The van der Waals surface area contributed by atoms with Gasteiger partial charge >= 0.3 is 0 Å². The van der Waals surface area contributed by atoms with Crippen molar-refractivity contribution < 1.29 is 0 Å². The highest BCUT2D eigenvalue weighted by Gasteiger charge is 2.12. The van der Waals surface area contributed by atoms with Gasteiger partial charge in [0.1, 0.15) is 0 Å². The molecule has 2 rings (SSSR count). The fraction of sp³-hybridized carbons (Fsp3) is 0.273. The van der Waals surface area contributed by atoms with Crippen molar-refractivity contribution in [3.8, 4) is 0 Å². The Labute approximate surface area is 113 Å². The van der Waals surface area contributed by atoms with Gasteiger partial charge in [0.25, 0.3) is 0 Å². The van der Waals surface area contributed by atoms with Crippen molar-refractivity contribution in [3.05, 3.63) is 42.7 Å². The normalized spacial score (nSPS) is 12.9. The standard InChI is InChI=1S/C11H11Cl2NS2/c1-7(9-4-10(12)16-11(9)13)14-5-8-2-3-15-6-8/h2-4,6-7,14H,5H2,1H3. The minimum absolute atomic E-state index is 0.219. The molecule has 0 radical (unpaired) electrons. The first-order valence-electron chi connectivity index (χ1n) is 4.86. The second kappa shape index (κ2) is 5.52. The number of rotatable bonds is 4. The van der Waals surface area contributed by atoms with Gasteiger partial charge in [-0.15, -0.1) is 11.3 Å². The Morgan fingerprint density at radius 3 is 2.81 bits per heavy atom. The fourth-order valence-electron chi connectivity index (χ4n) is 1.42. The van der Waals surface area contributed by atoms with Crippen molar-refractivity contribution in [1.29, 1.82) is 0 Å². The Hall–Kier alpha value is -0.0600. The predicted octanol–water partition coefficient (Wildman–Crippen LogP) is 4.97. The molecule has 0 amide bonds. The second-order valence-electron chi connectivity index (χ2n) is 3.51. The molecule has 2 aromatic heterocycles. The molecule has 0 aliphatic carbocycles. The molecule has 0 saturated carbocycles. The van der Waals surface area contributed by atoms with Crippen LogP contribution in [0.25, 0.3) is 0 Å². The fourth-order valence-corrected chi connectivity index (χ4v) is 3.74. The smallest absolute Gasteiger partial charge is 0.0991 e. The molecule has 86 valence electrons. The van der Waals surface area contributed by atoms with Crippen LogP contribution in [0.15, 0.2) is 22.9 Å². The summed E-state index contributed by atoms with van der Waals surface area (Å²) in [6, 6.07) is 4.27. The van der Waals surface area contributed by atoms with E-state index in [1.807, 2.05) is 6.07 Å². The molecule has 0 aliphatic heterocycles. The van der Waals surface area contributed by atoms with Crippen LogP contribution in [0, 0.1) is 0 Å². The Bertz CT molecular complexity index is 451. The summed E-state index contributed by atoms with van der Waals surface area (Å²) in [7, 11) is 0. The van der Waals surface area contributed by atoms with Gasteiger partial charge in [-0.1, -0.05) is 23.2 Å². The van der Waals surface area contributed by atoms with Gasteiger partial charge < -0.3 is 5.32 Å². The molecule has 2 heterocycles. The van der Waals surface area contributed by atoms with Crippen LogP contribution in [0.4, 0.5) is 0 Å². The molecular weight excluding hydrogens is 281 g/mol. The zero-order valence-electron chi connectivity index (χ0n) is 8.67. The summed E-state index contributed by atoms with van der Waals surface area (Å²) in [6.45, 7) is 2.95. The SMILES string of the molecule is CC(NCc1ccsc1)c1cc(Cl)sc1Cl. The maximum Gasteiger partial charge on any atom is 0.0991 e. The number of thiophene rings is 2. The van der Waals surface area contributed by atoms with Gasteiger partial charge in [0.05, 0.1) is 8.67 Å². The van der Waals surface area contributed by atoms with Crippen molar-refractivity contribution in [1.82, 2.24) is 5.32 Å². The van der Waals surface area contributed by atoms with Crippen molar-refractivity contribution in [2.24, 2.45) is 0 Å². The van der Waals surface area contributed by atoms with Gasteiger partial charge in [0, 0.05) is 12.6 Å². The topological polar surface area (TPSA) is 12.0 Å². The average Bonchev–Trinajstić information content (AvgIpc) is 2.84. The monoisotopic (exact) mass is 291 g/mol.